The van der Waals surface area contributed by atoms with Gasteiger partial charge in [-0.3, -0.25) is 4.79 Å². The van der Waals surface area contributed by atoms with Crippen molar-refractivity contribution in [1.29, 1.82) is 0 Å². The molecule has 5 heteroatoms. The molecule has 1 atom stereocenters. The number of benzene rings is 1. The van der Waals surface area contributed by atoms with E-state index in [-0.39, 0.29) is 11.9 Å². The van der Waals surface area contributed by atoms with Crippen molar-refractivity contribution in [3.63, 3.8) is 0 Å². The summed E-state index contributed by atoms with van der Waals surface area (Å²) in [7, 11) is 1.66. The molecule has 1 aliphatic heterocycles. The first-order valence-corrected chi connectivity index (χ1v) is 8.64. The molecule has 23 heavy (non-hydrogen) atoms. The van der Waals surface area contributed by atoms with E-state index < -0.39 is 0 Å². The summed E-state index contributed by atoms with van der Waals surface area (Å²) in [5, 5.41) is 3.27. The van der Waals surface area contributed by atoms with Crippen molar-refractivity contribution in [2.45, 2.75) is 37.8 Å². The number of morpholine rings is 1. The molecule has 1 amide bonds. The fourth-order valence-corrected chi connectivity index (χ4v) is 3.65. The van der Waals surface area contributed by atoms with Crippen LogP contribution in [-0.4, -0.2) is 45.4 Å². The van der Waals surface area contributed by atoms with Gasteiger partial charge in [0.2, 0.25) is 0 Å². The molecule has 1 unspecified atom stereocenters. The quantitative estimate of drug-likeness (QED) is 0.840. The average Bonchev–Trinajstić information content (AvgIpc) is 3.10. The standard InChI is InChI=1S/C18H26N2O3/c1-22-16-8-6-14(7-9-16)17(20-10-12-23-13-11-20)18(21)19-15-4-2-3-5-15/h6-9,15,17H,2-5,10-13H2,1H3,(H,19,21)/p+1. The average molecular weight is 319 g/mol. The van der Waals surface area contributed by atoms with Gasteiger partial charge < -0.3 is 19.7 Å². The summed E-state index contributed by atoms with van der Waals surface area (Å²) in [6, 6.07) is 8.09. The van der Waals surface area contributed by atoms with Gasteiger partial charge in [0, 0.05) is 11.6 Å². The summed E-state index contributed by atoms with van der Waals surface area (Å²) < 4.78 is 10.7. The summed E-state index contributed by atoms with van der Waals surface area (Å²) >= 11 is 0. The number of hydrogen-bond donors (Lipinski definition) is 2. The third-order valence-corrected chi connectivity index (χ3v) is 4.96. The maximum atomic E-state index is 12.9. The van der Waals surface area contributed by atoms with Crippen LogP contribution in [0.5, 0.6) is 5.75 Å². The van der Waals surface area contributed by atoms with E-state index in [1.165, 1.54) is 17.7 Å². The van der Waals surface area contributed by atoms with Crippen LogP contribution in [-0.2, 0) is 9.53 Å². The van der Waals surface area contributed by atoms with Gasteiger partial charge in [0.05, 0.1) is 20.3 Å². The molecule has 2 fully saturated rings. The third-order valence-electron chi connectivity index (χ3n) is 4.96. The van der Waals surface area contributed by atoms with Crippen molar-refractivity contribution in [1.82, 2.24) is 5.32 Å². The lowest BCUT2D eigenvalue weighted by molar-refractivity contribution is -0.929. The lowest BCUT2D eigenvalue weighted by Gasteiger charge is -2.31. The molecule has 3 rings (SSSR count). The van der Waals surface area contributed by atoms with Crippen LogP contribution in [0, 0.1) is 0 Å². The van der Waals surface area contributed by atoms with E-state index in [1.807, 2.05) is 24.3 Å². The van der Waals surface area contributed by atoms with Gasteiger partial charge in [0.25, 0.3) is 5.91 Å². The first-order valence-electron chi connectivity index (χ1n) is 8.64. The van der Waals surface area contributed by atoms with E-state index in [1.54, 1.807) is 7.11 Å². The van der Waals surface area contributed by atoms with Crippen molar-refractivity contribution in [3.8, 4) is 5.75 Å². The Morgan fingerprint density at radius 3 is 2.48 bits per heavy atom. The molecule has 1 aromatic rings. The number of carbonyl (C=O) groups is 1. The molecule has 5 nitrogen and oxygen atoms in total. The fraction of sp³-hybridized carbons (Fsp3) is 0.611. The second kappa shape index (κ2) is 7.79. The van der Waals surface area contributed by atoms with Gasteiger partial charge in [-0.25, -0.2) is 0 Å². The smallest absolute Gasteiger partial charge is 0.283 e. The number of nitrogens with one attached hydrogen (secondary N) is 2. The second-order valence-electron chi connectivity index (χ2n) is 6.47. The van der Waals surface area contributed by atoms with E-state index >= 15 is 0 Å². The predicted molar refractivity (Wildman–Crippen MR) is 87.6 cm³/mol. The van der Waals surface area contributed by atoms with E-state index in [9.17, 15) is 4.79 Å². The molecule has 1 aliphatic carbocycles. The summed E-state index contributed by atoms with van der Waals surface area (Å²) in [5.74, 6) is 0.972. The van der Waals surface area contributed by atoms with Crippen molar-refractivity contribution >= 4 is 5.91 Å². The van der Waals surface area contributed by atoms with Crippen molar-refractivity contribution < 1.29 is 19.2 Å². The summed E-state index contributed by atoms with van der Waals surface area (Å²) in [5.41, 5.74) is 1.05. The Balaban J connectivity index is 1.77. The van der Waals surface area contributed by atoms with Gasteiger partial charge in [-0.1, -0.05) is 12.8 Å². The number of methoxy groups -OCH3 is 1. The molecule has 1 saturated carbocycles. The number of ether oxygens (including phenoxy) is 2. The molecule has 0 radical (unpaired) electrons. The van der Waals surface area contributed by atoms with Crippen molar-refractivity contribution in [2.24, 2.45) is 0 Å². The SMILES string of the molecule is COc1ccc(C(C(=O)NC2CCCC2)[NH+]2CCOCC2)cc1. The summed E-state index contributed by atoms with van der Waals surface area (Å²) in [6.07, 6.45) is 4.67. The molecular weight excluding hydrogens is 292 g/mol. The van der Waals surface area contributed by atoms with Gasteiger partial charge in [-0.2, -0.15) is 0 Å². The first-order chi connectivity index (χ1) is 11.3. The largest absolute Gasteiger partial charge is 0.497 e. The zero-order valence-electron chi connectivity index (χ0n) is 13.8. The van der Waals surface area contributed by atoms with Gasteiger partial charge in [0.15, 0.2) is 6.04 Å². The Labute approximate surface area is 137 Å². The van der Waals surface area contributed by atoms with Crippen molar-refractivity contribution in [2.75, 3.05) is 33.4 Å². The molecule has 2 N–H and O–H groups in total. The Kier molecular flexibility index (Phi) is 5.51. The van der Waals surface area contributed by atoms with E-state index in [0.29, 0.717) is 6.04 Å². The molecule has 0 bridgehead atoms. The van der Waals surface area contributed by atoms with Crippen LogP contribution >= 0.6 is 0 Å². The fourth-order valence-electron chi connectivity index (χ4n) is 3.65. The van der Waals surface area contributed by atoms with Crippen LogP contribution in [0.2, 0.25) is 0 Å². The van der Waals surface area contributed by atoms with Crippen LogP contribution in [0.25, 0.3) is 0 Å². The third kappa shape index (κ3) is 4.03. The highest BCUT2D eigenvalue weighted by Gasteiger charge is 2.34. The minimum atomic E-state index is -0.162. The monoisotopic (exact) mass is 319 g/mol. The number of amides is 1. The Morgan fingerprint density at radius 2 is 1.87 bits per heavy atom. The highest BCUT2D eigenvalue weighted by molar-refractivity contribution is 5.82. The van der Waals surface area contributed by atoms with Crippen LogP contribution in [0.1, 0.15) is 37.3 Å². The molecule has 1 aromatic carbocycles. The zero-order valence-corrected chi connectivity index (χ0v) is 13.8. The van der Waals surface area contributed by atoms with E-state index in [2.05, 4.69) is 5.32 Å². The summed E-state index contributed by atoms with van der Waals surface area (Å²) in [4.78, 5) is 14.2. The number of rotatable bonds is 5. The Bertz CT molecular complexity index is 506. The number of quaternary nitrogens is 1. The molecule has 0 spiro atoms. The van der Waals surface area contributed by atoms with Crippen LogP contribution in [0.15, 0.2) is 24.3 Å². The summed E-state index contributed by atoms with van der Waals surface area (Å²) in [6.45, 7) is 3.18. The van der Waals surface area contributed by atoms with E-state index in [4.69, 9.17) is 9.47 Å². The number of carbonyl (C=O) groups excluding carboxylic acids is 1. The maximum Gasteiger partial charge on any atom is 0.283 e. The van der Waals surface area contributed by atoms with Crippen LogP contribution < -0.4 is 15.0 Å². The lowest BCUT2D eigenvalue weighted by atomic mass is 10.0. The van der Waals surface area contributed by atoms with Gasteiger partial charge in [-0.15, -0.1) is 0 Å². The normalized spacial score (nSPS) is 21.1. The van der Waals surface area contributed by atoms with Gasteiger partial charge >= 0.3 is 0 Å². The Hall–Kier alpha value is -1.59. The second-order valence-corrected chi connectivity index (χ2v) is 6.47. The predicted octanol–water partition coefficient (Wildman–Crippen LogP) is 0.710. The zero-order chi connectivity index (χ0) is 16.1. The molecule has 0 aromatic heterocycles. The highest BCUT2D eigenvalue weighted by atomic mass is 16.5. The molecule has 1 saturated heterocycles. The minimum absolute atomic E-state index is 0.152. The highest BCUT2D eigenvalue weighted by Crippen LogP contribution is 2.20. The molecule has 1 heterocycles. The Morgan fingerprint density at radius 1 is 1.22 bits per heavy atom. The maximum absolute atomic E-state index is 12.9. The van der Waals surface area contributed by atoms with Crippen molar-refractivity contribution in [3.05, 3.63) is 29.8 Å². The topological polar surface area (TPSA) is 52.0 Å². The first kappa shape index (κ1) is 16.3. The lowest BCUT2D eigenvalue weighted by Crippen LogP contribution is -3.15. The molecule has 2 aliphatic rings. The van der Waals surface area contributed by atoms with Crippen LogP contribution in [0.3, 0.4) is 0 Å². The van der Waals surface area contributed by atoms with Gasteiger partial charge in [-0.05, 0) is 37.1 Å². The van der Waals surface area contributed by atoms with Crippen LogP contribution in [0.4, 0.5) is 0 Å². The van der Waals surface area contributed by atoms with E-state index in [0.717, 1.165) is 50.5 Å². The molecular formula is C18H27N2O3+. The van der Waals surface area contributed by atoms with Gasteiger partial charge in [0.1, 0.15) is 18.8 Å². The molecule has 126 valence electrons. The number of hydrogen-bond acceptors (Lipinski definition) is 3. The minimum Gasteiger partial charge on any atom is -0.497 e.